The lowest BCUT2D eigenvalue weighted by Gasteiger charge is -2.03. The van der Waals surface area contributed by atoms with Crippen LogP contribution in [0.3, 0.4) is 0 Å². The normalized spacial score (nSPS) is 11.2. The lowest BCUT2D eigenvalue weighted by atomic mass is 10.3. The molecule has 0 amide bonds. The number of aromatic nitrogens is 3. The topological polar surface area (TPSA) is 41.9 Å². The van der Waals surface area contributed by atoms with Crippen LogP contribution in [-0.4, -0.2) is 33.9 Å². The molecule has 0 aromatic carbocycles. The maximum absolute atomic E-state index is 5.90. The Balaban J connectivity index is 2.45. The number of pyridine rings is 1. The predicted molar refractivity (Wildman–Crippen MR) is 65.1 cm³/mol. The number of rotatable bonds is 2. The van der Waals surface area contributed by atoms with Crippen molar-refractivity contribution in [3.8, 4) is 0 Å². The van der Waals surface area contributed by atoms with Gasteiger partial charge in [-0.15, -0.1) is 0 Å². The minimum Gasteiger partial charge on any atom is -0.383 e. The third kappa shape index (κ3) is 2.28. The van der Waals surface area contributed by atoms with Crippen molar-refractivity contribution in [2.75, 3.05) is 14.1 Å². The number of nitrogens with zero attached hydrogens (tertiary/aromatic N) is 4. The average molecular weight is 235 g/mol. The van der Waals surface area contributed by atoms with Gasteiger partial charge in [0, 0.05) is 26.5 Å². The van der Waals surface area contributed by atoms with Crippen molar-refractivity contribution in [3.05, 3.63) is 35.5 Å². The van der Waals surface area contributed by atoms with Gasteiger partial charge in [-0.3, -0.25) is 0 Å². The van der Waals surface area contributed by atoms with E-state index in [1.54, 1.807) is 18.5 Å². The van der Waals surface area contributed by atoms with Gasteiger partial charge in [-0.1, -0.05) is 11.6 Å². The van der Waals surface area contributed by atoms with E-state index in [4.69, 9.17) is 11.6 Å². The van der Waals surface area contributed by atoms with Crippen LogP contribution < -0.4 is 0 Å². The van der Waals surface area contributed by atoms with E-state index in [2.05, 4.69) is 15.0 Å². The molecule has 2 aromatic rings. The lowest BCUT2D eigenvalue weighted by molar-refractivity contribution is 0.567. The van der Waals surface area contributed by atoms with Gasteiger partial charge in [0.2, 0.25) is 0 Å². The SMILES string of the molecule is CN(C)/C=C/c1cnc2c(Cl)nccc2n1. The first-order valence-electron chi connectivity index (χ1n) is 4.79. The maximum Gasteiger partial charge on any atom is 0.156 e. The molecule has 2 heterocycles. The van der Waals surface area contributed by atoms with E-state index in [1.165, 1.54) is 0 Å². The molecule has 4 nitrogen and oxygen atoms in total. The van der Waals surface area contributed by atoms with Gasteiger partial charge in [-0.2, -0.15) is 0 Å². The summed E-state index contributed by atoms with van der Waals surface area (Å²) in [5.41, 5.74) is 2.18. The monoisotopic (exact) mass is 234 g/mol. The summed E-state index contributed by atoms with van der Waals surface area (Å²) < 4.78 is 0. The Labute approximate surface area is 98.6 Å². The van der Waals surface area contributed by atoms with Crippen molar-refractivity contribution >= 4 is 28.7 Å². The van der Waals surface area contributed by atoms with Crippen molar-refractivity contribution in [2.24, 2.45) is 0 Å². The molecule has 0 bridgehead atoms. The molecule has 2 rings (SSSR count). The van der Waals surface area contributed by atoms with Gasteiger partial charge in [0.1, 0.15) is 5.52 Å². The van der Waals surface area contributed by atoms with Crippen LogP contribution in [0.2, 0.25) is 5.15 Å². The summed E-state index contributed by atoms with van der Waals surface area (Å²) in [6.45, 7) is 0. The minimum atomic E-state index is 0.383. The van der Waals surface area contributed by atoms with Gasteiger partial charge < -0.3 is 4.90 Å². The fourth-order valence-electron chi connectivity index (χ4n) is 1.23. The zero-order valence-corrected chi connectivity index (χ0v) is 9.81. The van der Waals surface area contributed by atoms with Crippen LogP contribution in [0.5, 0.6) is 0 Å². The molecule has 0 radical (unpaired) electrons. The number of hydrogen-bond donors (Lipinski definition) is 0. The van der Waals surface area contributed by atoms with Crippen molar-refractivity contribution in [2.45, 2.75) is 0 Å². The van der Waals surface area contributed by atoms with Gasteiger partial charge in [-0.05, 0) is 12.1 Å². The highest BCUT2D eigenvalue weighted by Gasteiger charge is 2.02. The first kappa shape index (κ1) is 10.8. The van der Waals surface area contributed by atoms with Crippen LogP contribution in [-0.2, 0) is 0 Å². The van der Waals surface area contributed by atoms with Crippen molar-refractivity contribution in [1.29, 1.82) is 0 Å². The molecule has 0 atom stereocenters. The van der Waals surface area contributed by atoms with E-state index in [0.717, 1.165) is 11.2 Å². The van der Waals surface area contributed by atoms with Gasteiger partial charge >= 0.3 is 0 Å². The summed E-state index contributed by atoms with van der Waals surface area (Å²) in [6, 6.07) is 1.79. The highest BCUT2D eigenvalue weighted by molar-refractivity contribution is 6.33. The quantitative estimate of drug-likeness (QED) is 0.748. The van der Waals surface area contributed by atoms with E-state index in [-0.39, 0.29) is 0 Å². The second kappa shape index (κ2) is 4.45. The third-order valence-electron chi connectivity index (χ3n) is 1.98. The van der Waals surface area contributed by atoms with Crippen LogP contribution in [0, 0.1) is 0 Å². The molecule has 0 N–H and O–H groups in total. The Hall–Kier alpha value is -1.68. The van der Waals surface area contributed by atoms with E-state index in [0.29, 0.717) is 10.7 Å². The molecule has 0 saturated carbocycles. The van der Waals surface area contributed by atoms with Gasteiger partial charge in [0.05, 0.1) is 17.4 Å². The molecule has 2 aromatic heterocycles. The Morgan fingerprint density at radius 2 is 2.12 bits per heavy atom. The van der Waals surface area contributed by atoms with Crippen molar-refractivity contribution < 1.29 is 0 Å². The molecule has 5 heteroatoms. The van der Waals surface area contributed by atoms with Gasteiger partial charge in [0.25, 0.3) is 0 Å². The van der Waals surface area contributed by atoms with Gasteiger partial charge in [0.15, 0.2) is 5.15 Å². The molecular weight excluding hydrogens is 224 g/mol. The first-order valence-corrected chi connectivity index (χ1v) is 5.16. The van der Waals surface area contributed by atoms with Crippen molar-refractivity contribution in [1.82, 2.24) is 19.9 Å². The van der Waals surface area contributed by atoms with E-state index in [9.17, 15) is 0 Å². The lowest BCUT2D eigenvalue weighted by Crippen LogP contribution is -2.00. The molecule has 82 valence electrons. The second-order valence-electron chi connectivity index (χ2n) is 3.54. The molecule has 0 fully saturated rings. The standard InChI is InChI=1S/C11H11ClN4/c1-16(2)6-4-8-7-14-10-9(15-8)3-5-13-11(10)12/h3-7H,1-2H3/b6-4+. The zero-order chi connectivity index (χ0) is 11.5. The van der Waals surface area contributed by atoms with E-state index >= 15 is 0 Å². The first-order chi connectivity index (χ1) is 7.66. The molecule has 0 unspecified atom stereocenters. The van der Waals surface area contributed by atoms with Crippen LogP contribution in [0.4, 0.5) is 0 Å². The molecular formula is C11H11ClN4. The minimum absolute atomic E-state index is 0.383. The summed E-state index contributed by atoms with van der Waals surface area (Å²) in [4.78, 5) is 14.5. The van der Waals surface area contributed by atoms with Gasteiger partial charge in [-0.25, -0.2) is 15.0 Å². The van der Waals surface area contributed by atoms with Crippen LogP contribution in [0.25, 0.3) is 17.1 Å². The molecule has 0 spiro atoms. The smallest absolute Gasteiger partial charge is 0.156 e. The Morgan fingerprint density at radius 1 is 1.31 bits per heavy atom. The fourth-order valence-corrected chi connectivity index (χ4v) is 1.44. The Morgan fingerprint density at radius 3 is 2.88 bits per heavy atom. The molecule has 0 aliphatic heterocycles. The molecule has 0 saturated heterocycles. The molecule has 0 aliphatic rings. The van der Waals surface area contributed by atoms with E-state index in [1.807, 2.05) is 31.3 Å². The summed E-state index contributed by atoms with van der Waals surface area (Å²) in [5.74, 6) is 0. The fraction of sp³-hybridized carbons (Fsp3) is 0.182. The van der Waals surface area contributed by atoms with Crippen LogP contribution in [0.15, 0.2) is 24.7 Å². The number of halogens is 1. The average Bonchev–Trinajstić information content (AvgIpc) is 2.26. The second-order valence-corrected chi connectivity index (χ2v) is 3.90. The summed E-state index contributed by atoms with van der Waals surface area (Å²) in [6.07, 6.45) is 7.11. The predicted octanol–water partition coefficient (Wildman–Crippen LogP) is 2.21. The highest BCUT2D eigenvalue weighted by Crippen LogP contribution is 2.16. The molecule has 16 heavy (non-hydrogen) atoms. The van der Waals surface area contributed by atoms with E-state index < -0.39 is 0 Å². The summed E-state index contributed by atoms with van der Waals surface area (Å²) in [5, 5.41) is 0.383. The largest absolute Gasteiger partial charge is 0.383 e. The number of hydrogen-bond acceptors (Lipinski definition) is 4. The van der Waals surface area contributed by atoms with Crippen molar-refractivity contribution in [3.63, 3.8) is 0 Å². The Kier molecular flexibility index (Phi) is 3.01. The van der Waals surface area contributed by atoms with Crippen LogP contribution >= 0.6 is 11.6 Å². The zero-order valence-electron chi connectivity index (χ0n) is 9.05. The Bertz CT molecular complexity index is 536. The maximum atomic E-state index is 5.90. The molecule has 0 aliphatic carbocycles. The summed E-state index contributed by atoms with van der Waals surface area (Å²) in [7, 11) is 3.90. The highest BCUT2D eigenvalue weighted by atomic mass is 35.5. The third-order valence-corrected chi connectivity index (χ3v) is 2.25. The number of fused-ring (bicyclic) bond motifs is 1. The summed E-state index contributed by atoms with van der Waals surface area (Å²) >= 11 is 5.90. The van der Waals surface area contributed by atoms with Crippen LogP contribution in [0.1, 0.15) is 5.69 Å².